The average Bonchev–Trinajstić information content (AvgIpc) is 2.56. The van der Waals surface area contributed by atoms with Gasteiger partial charge in [-0.2, -0.15) is 11.8 Å². The first kappa shape index (κ1) is 20.6. The van der Waals surface area contributed by atoms with Crippen LogP contribution in [0.25, 0.3) is 0 Å². The largest absolute Gasteiger partial charge is 0.351 e. The third-order valence-corrected chi connectivity index (χ3v) is 5.37. The van der Waals surface area contributed by atoms with Gasteiger partial charge >= 0.3 is 0 Å². The van der Waals surface area contributed by atoms with Gasteiger partial charge in [0.25, 0.3) is 5.91 Å². The first-order valence-electron chi connectivity index (χ1n) is 7.93. The van der Waals surface area contributed by atoms with Crippen LogP contribution in [0.2, 0.25) is 5.02 Å². The van der Waals surface area contributed by atoms with E-state index in [1.54, 1.807) is 36.9 Å². The summed E-state index contributed by atoms with van der Waals surface area (Å²) in [6, 6.07) is 12.6. The van der Waals surface area contributed by atoms with Crippen LogP contribution in [-0.4, -0.2) is 32.9 Å². The maximum Gasteiger partial charge on any atom is 0.251 e. The van der Waals surface area contributed by atoms with Crippen molar-refractivity contribution in [2.75, 3.05) is 23.3 Å². The van der Waals surface area contributed by atoms with Crippen LogP contribution in [0.4, 0.5) is 5.69 Å². The fraction of sp³-hybridized carbons (Fsp3) is 0.278. The normalized spacial score (nSPS) is 11.2. The number of thioether (sulfide) groups is 1. The van der Waals surface area contributed by atoms with Gasteiger partial charge in [0.2, 0.25) is 10.0 Å². The zero-order chi connectivity index (χ0) is 19.2. The Labute approximate surface area is 163 Å². The predicted molar refractivity (Wildman–Crippen MR) is 110 cm³/mol. The number of anilines is 1. The van der Waals surface area contributed by atoms with Gasteiger partial charge in [-0.3, -0.25) is 9.52 Å². The van der Waals surface area contributed by atoms with Gasteiger partial charge in [0, 0.05) is 28.6 Å². The van der Waals surface area contributed by atoms with E-state index in [2.05, 4.69) is 10.0 Å². The molecule has 2 aromatic carbocycles. The summed E-state index contributed by atoms with van der Waals surface area (Å²) in [5.41, 5.74) is 2.86. The monoisotopic (exact) mass is 412 g/mol. The minimum absolute atomic E-state index is 0.175. The number of hydrogen-bond acceptors (Lipinski definition) is 4. The summed E-state index contributed by atoms with van der Waals surface area (Å²) in [5.74, 6) is 1.48. The van der Waals surface area contributed by atoms with Gasteiger partial charge in [0.1, 0.15) is 0 Å². The molecule has 0 spiro atoms. The number of hydrogen-bond donors (Lipinski definition) is 2. The standard InChI is InChI=1S/C18H21ClN2O3S2/c1-13-11-15(5-8-17(13)21-26(2,23)24)18(22)20-9-10-25-12-14-3-6-16(19)7-4-14/h3-8,11,21H,9-10,12H2,1-2H3,(H,20,22). The maximum atomic E-state index is 12.2. The Morgan fingerprint density at radius 2 is 1.85 bits per heavy atom. The Morgan fingerprint density at radius 3 is 2.46 bits per heavy atom. The number of carbonyl (C=O) groups excluding carboxylic acids is 1. The van der Waals surface area contributed by atoms with E-state index >= 15 is 0 Å². The second-order valence-electron chi connectivity index (χ2n) is 5.84. The Morgan fingerprint density at radius 1 is 1.15 bits per heavy atom. The molecule has 5 nitrogen and oxygen atoms in total. The van der Waals surface area contributed by atoms with E-state index in [9.17, 15) is 13.2 Å². The summed E-state index contributed by atoms with van der Waals surface area (Å²) in [4.78, 5) is 12.2. The van der Waals surface area contributed by atoms with Crippen molar-refractivity contribution in [3.05, 3.63) is 64.2 Å². The molecule has 1 amide bonds. The molecule has 0 bridgehead atoms. The van der Waals surface area contributed by atoms with Crippen molar-refractivity contribution in [2.24, 2.45) is 0 Å². The first-order valence-corrected chi connectivity index (χ1v) is 11.4. The summed E-state index contributed by atoms with van der Waals surface area (Å²) in [6.45, 7) is 2.31. The second-order valence-corrected chi connectivity index (χ2v) is 9.13. The molecule has 0 unspecified atom stereocenters. The molecule has 0 aromatic heterocycles. The molecular formula is C18H21ClN2O3S2. The highest BCUT2D eigenvalue weighted by Gasteiger charge is 2.09. The molecule has 0 radical (unpaired) electrons. The lowest BCUT2D eigenvalue weighted by Gasteiger charge is -2.10. The number of carbonyl (C=O) groups is 1. The molecule has 0 heterocycles. The molecule has 8 heteroatoms. The number of halogens is 1. The fourth-order valence-corrected chi connectivity index (χ4v) is 3.80. The van der Waals surface area contributed by atoms with Gasteiger partial charge in [-0.05, 0) is 48.4 Å². The maximum absolute atomic E-state index is 12.2. The molecule has 0 atom stereocenters. The van der Waals surface area contributed by atoms with Crippen molar-refractivity contribution in [1.29, 1.82) is 0 Å². The molecule has 140 valence electrons. The number of amides is 1. The van der Waals surface area contributed by atoms with Crippen LogP contribution in [-0.2, 0) is 15.8 Å². The second kappa shape index (κ2) is 9.30. The van der Waals surface area contributed by atoms with Crippen molar-refractivity contribution in [3.8, 4) is 0 Å². The summed E-state index contributed by atoms with van der Waals surface area (Å²) < 4.78 is 25.0. The Bertz CT molecular complexity index is 869. The van der Waals surface area contributed by atoms with Gasteiger partial charge < -0.3 is 5.32 Å². The van der Waals surface area contributed by atoms with Crippen LogP contribution in [0.1, 0.15) is 21.5 Å². The molecule has 2 aromatic rings. The molecule has 0 aliphatic carbocycles. The van der Waals surface area contributed by atoms with Gasteiger partial charge in [-0.25, -0.2) is 8.42 Å². The molecular weight excluding hydrogens is 392 g/mol. The van der Waals surface area contributed by atoms with Crippen molar-refractivity contribution in [1.82, 2.24) is 5.32 Å². The molecule has 26 heavy (non-hydrogen) atoms. The van der Waals surface area contributed by atoms with E-state index in [1.165, 1.54) is 5.56 Å². The number of benzene rings is 2. The number of nitrogens with one attached hydrogen (secondary N) is 2. The lowest BCUT2D eigenvalue weighted by atomic mass is 10.1. The van der Waals surface area contributed by atoms with E-state index < -0.39 is 10.0 Å². The molecule has 2 rings (SSSR count). The predicted octanol–water partition coefficient (Wildman–Crippen LogP) is 3.68. The Hall–Kier alpha value is -1.70. The number of sulfonamides is 1. The molecule has 0 saturated heterocycles. The first-order chi connectivity index (χ1) is 12.2. The smallest absolute Gasteiger partial charge is 0.251 e. The van der Waals surface area contributed by atoms with Crippen molar-refractivity contribution in [2.45, 2.75) is 12.7 Å². The Kier molecular flexibility index (Phi) is 7.37. The van der Waals surface area contributed by atoms with E-state index in [0.717, 1.165) is 22.8 Å². The molecule has 0 aliphatic rings. The van der Waals surface area contributed by atoms with E-state index in [0.29, 0.717) is 23.4 Å². The Balaban J connectivity index is 1.78. The topological polar surface area (TPSA) is 75.3 Å². The highest BCUT2D eigenvalue weighted by molar-refractivity contribution is 7.98. The highest BCUT2D eigenvalue weighted by atomic mass is 35.5. The molecule has 0 aliphatic heterocycles. The van der Waals surface area contributed by atoms with Crippen LogP contribution >= 0.6 is 23.4 Å². The zero-order valence-electron chi connectivity index (χ0n) is 14.6. The SMILES string of the molecule is Cc1cc(C(=O)NCCSCc2ccc(Cl)cc2)ccc1NS(C)(=O)=O. The van der Waals surface area contributed by atoms with Crippen LogP contribution < -0.4 is 10.0 Å². The number of aryl methyl sites for hydroxylation is 1. The molecule has 2 N–H and O–H groups in total. The van der Waals surface area contributed by atoms with Crippen LogP contribution in [0, 0.1) is 6.92 Å². The van der Waals surface area contributed by atoms with Gasteiger partial charge in [0.05, 0.1) is 11.9 Å². The van der Waals surface area contributed by atoms with Crippen molar-refractivity contribution in [3.63, 3.8) is 0 Å². The van der Waals surface area contributed by atoms with Gasteiger partial charge in [-0.1, -0.05) is 23.7 Å². The summed E-state index contributed by atoms with van der Waals surface area (Å²) in [5, 5.41) is 3.59. The van der Waals surface area contributed by atoms with Crippen LogP contribution in [0.15, 0.2) is 42.5 Å². The van der Waals surface area contributed by atoms with Gasteiger partial charge in [0.15, 0.2) is 0 Å². The minimum atomic E-state index is -3.34. The van der Waals surface area contributed by atoms with E-state index in [-0.39, 0.29) is 5.91 Å². The van der Waals surface area contributed by atoms with Crippen molar-refractivity contribution >= 4 is 45.0 Å². The third kappa shape index (κ3) is 6.90. The summed E-state index contributed by atoms with van der Waals surface area (Å²) in [6.07, 6.45) is 1.09. The van der Waals surface area contributed by atoms with E-state index in [4.69, 9.17) is 11.6 Å². The highest BCUT2D eigenvalue weighted by Crippen LogP contribution is 2.18. The van der Waals surface area contributed by atoms with Crippen LogP contribution in [0.3, 0.4) is 0 Å². The average molecular weight is 413 g/mol. The lowest BCUT2D eigenvalue weighted by molar-refractivity contribution is 0.0956. The lowest BCUT2D eigenvalue weighted by Crippen LogP contribution is -2.26. The fourth-order valence-electron chi connectivity index (χ4n) is 2.23. The zero-order valence-corrected chi connectivity index (χ0v) is 17.0. The molecule has 0 saturated carbocycles. The third-order valence-electron chi connectivity index (χ3n) is 3.50. The molecule has 0 fully saturated rings. The van der Waals surface area contributed by atoms with Crippen LogP contribution in [0.5, 0.6) is 0 Å². The minimum Gasteiger partial charge on any atom is -0.351 e. The number of rotatable bonds is 8. The van der Waals surface area contributed by atoms with E-state index in [1.807, 2.05) is 24.3 Å². The summed E-state index contributed by atoms with van der Waals surface area (Å²) >= 11 is 7.58. The summed E-state index contributed by atoms with van der Waals surface area (Å²) in [7, 11) is -3.34. The van der Waals surface area contributed by atoms with Gasteiger partial charge in [-0.15, -0.1) is 0 Å². The quantitative estimate of drug-likeness (QED) is 0.648. The van der Waals surface area contributed by atoms with Crippen molar-refractivity contribution < 1.29 is 13.2 Å².